The van der Waals surface area contributed by atoms with Gasteiger partial charge in [0.15, 0.2) is 0 Å². The van der Waals surface area contributed by atoms with Crippen LogP contribution in [0.5, 0.6) is 0 Å². The second-order valence-corrected chi connectivity index (χ2v) is 3.86. The minimum Gasteiger partial charge on any atom is -0.341 e. The molecule has 1 fully saturated rings. The largest absolute Gasteiger partial charge is 0.341 e. The Morgan fingerprint density at radius 2 is 2.31 bits per heavy atom. The van der Waals surface area contributed by atoms with Gasteiger partial charge in [-0.3, -0.25) is 4.79 Å². The highest BCUT2D eigenvalue weighted by Crippen LogP contribution is 2.19. The molecule has 1 aliphatic rings. The third-order valence-electron chi connectivity index (χ3n) is 2.93. The maximum absolute atomic E-state index is 11.6. The number of carbonyl (C=O) groups is 1. The standard InChI is InChI=1S/C10H20N2O/c1-3-8-5-6-12(7-8)10(13)9(11)4-2/h8-9H,3-7,11H2,1-2H3. The summed E-state index contributed by atoms with van der Waals surface area (Å²) in [5.41, 5.74) is 5.69. The van der Waals surface area contributed by atoms with Crippen LogP contribution in [-0.4, -0.2) is 29.9 Å². The lowest BCUT2D eigenvalue weighted by Gasteiger charge is -2.19. The lowest BCUT2D eigenvalue weighted by Crippen LogP contribution is -2.42. The highest BCUT2D eigenvalue weighted by Gasteiger charge is 2.27. The van der Waals surface area contributed by atoms with Gasteiger partial charge in [0.1, 0.15) is 0 Å². The molecule has 0 aliphatic carbocycles. The molecule has 0 spiro atoms. The maximum Gasteiger partial charge on any atom is 0.239 e. The van der Waals surface area contributed by atoms with Crippen LogP contribution in [0.2, 0.25) is 0 Å². The fraction of sp³-hybridized carbons (Fsp3) is 0.900. The summed E-state index contributed by atoms with van der Waals surface area (Å²) >= 11 is 0. The van der Waals surface area contributed by atoms with Crippen LogP contribution < -0.4 is 5.73 Å². The van der Waals surface area contributed by atoms with E-state index in [1.54, 1.807) is 0 Å². The fourth-order valence-corrected chi connectivity index (χ4v) is 1.78. The van der Waals surface area contributed by atoms with Gasteiger partial charge < -0.3 is 10.6 Å². The monoisotopic (exact) mass is 184 g/mol. The molecule has 76 valence electrons. The molecule has 1 aliphatic heterocycles. The van der Waals surface area contributed by atoms with E-state index in [1.165, 1.54) is 6.42 Å². The van der Waals surface area contributed by atoms with Crippen molar-refractivity contribution < 1.29 is 4.79 Å². The molecule has 2 N–H and O–H groups in total. The molecular weight excluding hydrogens is 164 g/mol. The predicted molar refractivity (Wildman–Crippen MR) is 53.2 cm³/mol. The molecule has 0 radical (unpaired) electrons. The van der Waals surface area contributed by atoms with E-state index in [4.69, 9.17) is 5.73 Å². The molecule has 2 unspecified atom stereocenters. The van der Waals surface area contributed by atoms with Crippen LogP contribution in [-0.2, 0) is 4.79 Å². The first kappa shape index (κ1) is 10.5. The summed E-state index contributed by atoms with van der Waals surface area (Å²) in [6.45, 7) is 5.96. The van der Waals surface area contributed by atoms with E-state index in [1.807, 2.05) is 11.8 Å². The summed E-state index contributed by atoms with van der Waals surface area (Å²) in [5.74, 6) is 0.839. The van der Waals surface area contributed by atoms with E-state index in [-0.39, 0.29) is 11.9 Å². The Balaban J connectivity index is 2.41. The van der Waals surface area contributed by atoms with Gasteiger partial charge in [-0.1, -0.05) is 20.3 Å². The van der Waals surface area contributed by atoms with Crippen molar-refractivity contribution in [2.45, 2.75) is 39.2 Å². The molecular formula is C10H20N2O. The van der Waals surface area contributed by atoms with Crippen LogP contribution in [0.3, 0.4) is 0 Å². The van der Waals surface area contributed by atoms with Crippen molar-refractivity contribution in [2.75, 3.05) is 13.1 Å². The minimum atomic E-state index is -0.282. The van der Waals surface area contributed by atoms with E-state index in [0.29, 0.717) is 5.92 Å². The van der Waals surface area contributed by atoms with Gasteiger partial charge in [-0.25, -0.2) is 0 Å². The third kappa shape index (κ3) is 2.44. The summed E-state index contributed by atoms with van der Waals surface area (Å²) in [4.78, 5) is 13.6. The highest BCUT2D eigenvalue weighted by molar-refractivity contribution is 5.81. The zero-order valence-corrected chi connectivity index (χ0v) is 8.62. The molecule has 0 saturated carbocycles. The summed E-state index contributed by atoms with van der Waals surface area (Å²) in [6.07, 6.45) is 3.07. The molecule has 13 heavy (non-hydrogen) atoms. The van der Waals surface area contributed by atoms with Crippen molar-refractivity contribution in [3.8, 4) is 0 Å². The lowest BCUT2D eigenvalue weighted by atomic mass is 10.1. The van der Waals surface area contributed by atoms with Crippen molar-refractivity contribution in [3.63, 3.8) is 0 Å². The van der Waals surface area contributed by atoms with E-state index >= 15 is 0 Å². The Hall–Kier alpha value is -0.570. The zero-order valence-electron chi connectivity index (χ0n) is 8.62. The van der Waals surface area contributed by atoms with Gasteiger partial charge in [0.05, 0.1) is 6.04 Å². The first-order chi connectivity index (χ1) is 6.19. The lowest BCUT2D eigenvalue weighted by molar-refractivity contribution is -0.131. The average molecular weight is 184 g/mol. The molecule has 0 aromatic rings. The van der Waals surface area contributed by atoms with Gasteiger partial charge in [0.25, 0.3) is 0 Å². The Morgan fingerprint density at radius 3 is 2.77 bits per heavy atom. The molecule has 2 atom stereocenters. The molecule has 1 rings (SSSR count). The molecule has 1 saturated heterocycles. The van der Waals surface area contributed by atoms with Gasteiger partial charge in [0.2, 0.25) is 5.91 Å². The van der Waals surface area contributed by atoms with Crippen LogP contribution in [0, 0.1) is 5.92 Å². The number of nitrogens with zero attached hydrogens (tertiary/aromatic N) is 1. The van der Waals surface area contributed by atoms with Crippen molar-refractivity contribution in [2.24, 2.45) is 11.7 Å². The summed E-state index contributed by atoms with van der Waals surface area (Å²) in [6, 6.07) is -0.282. The maximum atomic E-state index is 11.6. The topological polar surface area (TPSA) is 46.3 Å². The second kappa shape index (κ2) is 4.61. The number of hydrogen-bond acceptors (Lipinski definition) is 2. The highest BCUT2D eigenvalue weighted by atomic mass is 16.2. The second-order valence-electron chi connectivity index (χ2n) is 3.86. The Bertz CT molecular complexity index is 182. The Kier molecular flexibility index (Phi) is 3.72. The SMILES string of the molecule is CCC1CCN(C(=O)C(N)CC)C1. The fourth-order valence-electron chi connectivity index (χ4n) is 1.78. The van der Waals surface area contributed by atoms with Crippen LogP contribution in [0.4, 0.5) is 0 Å². The average Bonchev–Trinajstić information content (AvgIpc) is 2.63. The van der Waals surface area contributed by atoms with Crippen LogP contribution in [0.25, 0.3) is 0 Å². The molecule has 0 aromatic heterocycles. The van der Waals surface area contributed by atoms with Gasteiger partial charge >= 0.3 is 0 Å². The van der Waals surface area contributed by atoms with Crippen molar-refractivity contribution in [1.82, 2.24) is 4.90 Å². The predicted octanol–water partition coefficient (Wildman–Crippen LogP) is 0.982. The number of nitrogens with two attached hydrogens (primary N) is 1. The minimum absolute atomic E-state index is 0.137. The number of rotatable bonds is 3. The van der Waals surface area contributed by atoms with E-state index in [0.717, 1.165) is 25.9 Å². The first-order valence-corrected chi connectivity index (χ1v) is 5.23. The molecule has 3 nitrogen and oxygen atoms in total. The summed E-state index contributed by atoms with van der Waals surface area (Å²) < 4.78 is 0. The van der Waals surface area contributed by atoms with Gasteiger partial charge in [-0.2, -0.15) is 0 Å². The Morgan fingerprint density at radius 1 is 1.62 bits per heavy atom. The molecule has 1 heterocycles. The third-order valence-corrected chi connectivity index (χ3v) is 2.93. The van der Waals surface area contributed by atoms with E-state index in [2.05, 4.69) is 6.92 Å². The smallest absolute Gasteiger partial charge is 0.239 e. The zero-order chi connectivity index (χ0) is 9.84. The first-order valence-electron chi connectivity index (χ1n) is 5.23. The number of amides is 1. The van der Waals surface area contributed by atoms with Crippen LogP contribution >= 0.6 is 0 Å². The van der Waals surface area contributed by atoms with Crippen LogP contribution in [0.1, 0.15) is 33.1 Å². The van der Waals surface area contributed by atoms with Crippen molar-refractivity contribution in [1.29, 1.82) is 0 Å². The summed E-state index contributed by atoms with van der Waals surface area (Å²) in [5, 5.41) is 0. The van der Waals surface area contributed by atoms with Gasteiger partial charge in [0, 0.05) is 13.1 Å². The number of hydrogen-bond donors (Lipinski definition) is 1. The quantitative estimate of drug-likeness (QED) is 0.710. The molecule has 0 bridgehead atoms. The summed E-state index contributed by atoms with van der Waals surface area (Å²) in [7, 11) is 0. The molecule has 3 heteroatoms. The van der Waals surface area contributed by atoms with Crippen LogP contribution in [0.15, 0.2) is 0 Å². The van der Waals surface area contributed by atoms with Gasteiger partial charge in [-0.15, -0.1) is 0 Å². The van der Waals surface area contributed by atoms with Gasteiger partial charge in [-0.05, 0) is 18.8 Å². The van der Waals surface area contributed by atoms with E-state index < -0.39 is 0 Å². The van der Waals surface area contributed by atoms with E-state index in [9.17, 15) is 4.79 Å². The number of carbonyl (C=O) groups excluding carboxylic acids is 1. The normalized spacial score (nSPS) is 24.8. The van der Waals surface area contributed by atoms with Crippen molar-refractivity contribution in [3.05, 3.63) is 0 Å². The van der Waals surface area contributed by atoms with Crippen molar-refractivity contribution >= 4 is 5.91 Å². The molecule has 1 amide bonds. The molecule has 0 aromatic carbocycles. The Labute approximate surface area is 80.3 Å². The number of likely N-dealkylation sites (tertiary alicyclic amines) is 1.